The van der Waals surface area contributed by atoms with Gasteiger partial charge in [0.05, 0.1) is 12.7 Å². The molecule has 4 N–H and O–H groups in total. The van der Waals surface area contributed by atoms with Crippen LogP contribution in [0.15, 0.2) is 77.5 Å². The van der Waals surface area contributed by atoms with Gasteiger partial charge in [-0.3, -0.25) is 19.1 Å². The molecule has 10 nitrogen and oxygen atoms in total. The van der Waals surface area contributed by atoms with Crippen LogP contribution in [0.4, 0.5) is 0 Å². The highest BCUT2D eigenvalue weighted by atomic mass is 16.3. The van der Waals surface area contributed by atoms with Crippen LogP contribution in [0, 0.1) is 0 Å². The van der Waals surface area contributed by atoms with Crippen molar-refractivity contribution in [2.45, 2.75) is 31.3 Å². The van der Waals surface area contributed by atoms with Crippen LogP contribution in [0.25, 0.3) is 22.2 Å². The first-order valence-electron chi connectivity index (χ1n) is 13.1. The predicted molar refractivity (Wildman–Crippen MR) is 147 cm³/mol. The van der Waals surface area contributed by atoms with Crippen molar-refractivity contribution in [2.75, 3.05) is 26.2 Å². The Hall–Kier alpha value is -4.44. The molecule has 1 fully saturated rings. The summed E-state index contributed by atoms with van der Waals surface area (Å²) in [5, 5.41) is 18.5. The highest BCUT2D eigenvalue weighted by molar-refractivity contribution is 5.92. The van der Waals surface area contributed by atoms with Gasteiger partial charge in [0, 0.05) is 19.3 Å². The summed E-state index contributed by atoms with van der Waals surface area (Å²) in [6, 6.07) is 19.2. The van der Waals surface area contributed by atoms with Crippen molar-refractivity contribution in [3.05, 3.63) is 78.7 Å². The third kappa shape index (κ3) is 6.35. The molecule has 0 aliphatic carbocycles. The number of carbonyl (C=O) groups is 3. The average molecular weight is 529 g/mol. The van der Waals surface area contributed by atoms with E-state index in [1.807, 2.05) is 42.5 Å². The molecule has 0 radical (unpaired) electrons. The second kappa shape index (κ2) is 12.0. The Morgan fingerprint density at radius 1 is 0.923 bits per heavy atom. The SMILES string of the molecule is O=C(Cc1cccc2ccccc12)NCCNC(=O)C1(NC(=O)Cn2ccc(-c3ccco3)n2)CCNCC1. The van der Waals surface area contributed by atoms with Gasteiger partial charge in [-0.2, -0.15) is 5.10 Å². The van der Waals surface area contributed by atoms with Crippen LogP contribution in [0.1, 0.15) is 18.4 Å². The van der Waals surface area contributed by atoms with Crippen LogP contribution in [-0.2, 0) is 27.3 Å². The minimum absolute atomic E-state index is 0.0204. The number of nitrogens with zero attached hydrogens (tertiary/aromatic N) is 2. The van der Waals surface area contributed by atoms with Crippen LogP contribution >= 0.6 is 0 Å². The molecule has 0 bridgehead atoms. The monoisotopic (exact) mass is 528 g/mol. The summed E-state index contributed by atoms with van der Waals surface area (Å²) in [5.41, 5.74) is 0.566. The van der Waals surface area contributed by atoms with Crippen LogP contribution in [0.5, 0.6) is 0 Å². The topological polar surface area (TPSA) is 130 Å². The van der Waals surface area contributed by atoms with Gasteiger partial charge in [0.1, 0.15) is 17.8 Å². The number of hydrogen-bond donors (Lipinski definition) is 4. The second-order valence-electron chi connectivity index (χ2n) is 9.68. The fourth-order valence-electron chi connectivity index (χ4n) is 4.95. The lowest BCUT2D eigenvalue weighted by Crippen LogP contribution is -2.63. The maximum Gasteiger partial charge on any atom is 0.245 e. The van der Waals surface area contributed by atoms with Gasteiger partial charge in [-0.1, -0.05) is 42.5 Å². The molecule has 0 spiro atoms. The number of benzene rings is 2. The standard InChI is InChI=1S/C29H32N6O4/c36-26(19-22-7-3-6-21-5-1-2-8-23(21)22)31-15-16-32-28(38)29(11-13-30-14-12-29)33-27(37)20-35-17-10-24(34-35)25-9-4-18-39-25/h1-10,17-18,30H,11-16,19-20H2,(H,31,36)(H,32,38)(H,33,37). The number of rotatable bonds is 10. The molecule has 0 unspecified atom stereocenters. The number of carbonyl (C=O) groups excluding carboxylic acids is 3. The van der Waals surface area contributed by atoms with Gasteiger partial charge in [-0.05, 0) is 60.5 Å². The Balaban J connectivity index is 1.12. The first-order valence-corrected chi connectivity index (χ1v) is 13.1. The maximum absolute atomic E-state index is 13.2. The largest absolute Gasteiger partial charge is 0.463 e. The summed E-state index contributed by atoms with van der Waals surface area (Å²) in [7, 11) is 0. The molecular formula is C29H32N6O4. The molecule has 39 heavy (non-hydrogen) atoms. The van der Waals surface area contributed by atoms with Crippen molar-refractivity contribution in [3.8, 4) is 11.5 Å². The van der Waals surface area contributed by atoms with Gasteiger partial charge in [-0.25, -0.2) is 0 Å². The zero-order chi connectivity index (χ0) is 27.1. The third-order valence-electron chi connectivity index (χ3n) is 6.95. The zero-order valence-electron chi connectivity index (χ0n) is 21.6. The molecule has 1 aliphatic rings. The molecule has 10 heteroatoms. The molecule has 5 rings (SSSR count). The van der Waals surface area contributed by atoms with Crippen LogP contribution < -0.4 is 21.3 Å². The van der Waals surface area contributed by atoms with E-state index < -0.39 is 5.54 Å². The number of fused-ring (bicyclic) bond motifs is 1. The molecule has 1 aliphatic heterocycles. The molecular weight excluding hydrogens is 496 g/mol. The van der Waals surface area contributed by atoms with Crippen molar-refractivity contribution < 1.29 is 18.8 Å². The Labute approximate surface area is 226 Å². The summed E-state index contributed by atoms with van der Waals surface area (Å²) in [6.07, 6.45) is 4.46. The summed E-state index contributed by atoms with van der Waals surface area (Å²) >= 11 is 0. The van der Waals surface area contributed by atoms with Crippen LogP contribution in [0.2, 0.25) is 0 Å². The summed E-state index contributed by atoms with van der Waals surface area (Å²) < 4.78 is 6.87. The number of aromatic nitrogens is 2. The fraction of sp³-hybridized carbons (Fsp3) is 0.310. The van der Waals surface area contributed by atoms with Gasteiger partial charge in [-0.15, -0.1) is 0 Å². The smallest absolute Gasteiger partial charge is 0.245 e. The van der Waals surface area contributed by atoms with E-state index in [2.05, 4.69) is 26.4 Å². The Morgan fingerprint density at radius 2 is 1.72 bits per heavy atom. The fourth-order valence-corrected chi connectivity index (χ4v) is 4.95. The third-order valence-corrected chi connectivity index (χ3v) is 6.95. The van der Waals surface area contributed by atoms with Crippen molar-refractivity contribution >= 4 is 28.5 Å². The lowest BCUT2D eigenvalue weighted by Gasteiger charge is -2.37. The van der Waals surface area contributed by atoms with Crippen LogP contribution in [-0.4, -0.2) is 59.2 Å². The molecule has 2 aromatic carbocycles. The number of hydrogen-bond acceptors (Lipinski definition) is 6. The normalized spacial score (nSPS) is 14.6. The Kier molecular flexibility index (Phi) is 8.02. The highest BCUT2D eigenvalue weighted by Crippen LogP contribution is 2.21. The Morgan fingerprint density at radius 3 is 2.54 bits per heavy atom. The molecule has 0 saturated carbocycles. The number of piperidine rings is 1. The first kappa shape index (κ1) is 26.2. The van der Waals surface area contributed by atoms with Gasteiger partial charge >= 0.3 is 0 Å². The van der Waals surface area contributed by atoms with E-state index >= 15 is 0 Å². The lowest BCUT2D eigenvalue weighted by molar-refractivity contribution is -0.135. The summed E-state index contributed by atoms with van der Waals surface area (Å²) in [4.78, 5) is 38.7. The van der Waals surface area contributed by atoms with E-state index in [9.17, 15) is 14.4 Å². The van der Waals surface area contributed by atoms with E-state index in [0.717, 1.165) is 16.3 Å². The minimum atomic E-state index is -1.02. The summed E-state index contributed by atoms with van der Waals surface area (Å²) in [5.74, 6) is -0.0480. The Bertz CT molecular complexity index is 1430. The lowest BCUT2D eigenvalue weighted by atomic mass is 9.87. The van der Waals surface area contributed by atoms with Gasteiger partial charge in [0.2, 0.25) is 17.7 Å². The molecule has 2 aromatic heterocycles. The summed E-state index contributed by atoms with van der Waals surface area (Å²) in [6.45, 7) is 1.75. The number of amides is 3. The van der Waals surface area contributed by atoms with Crippen molar-refractivity contribution in [2.24, 2.45) is 0 Å². The molecule has 3 amide bonds. The van der Waals surface area contributed by atoms with E-state index in [4.69, 9.17) is 4.42 Å². The zero-order valence-corrected chi connectivity index (χ0v) is 21.6. The van der Waals surface area contributed by atoms with Crippen molar-refractivity contribution in [1.82, 2.24) is 31.0 Å². The van der Waals surface area contributed by atoms with Gasteiger partial charge in [0.25, 0.3) is 0 Å². The first-order chi connectivity index (χ1) is 19.0. The van der Waals surface area contributed by atoms with E-state index in [-0.39, 0.29) is 37.2 Å². The van der Waals surface area contributed by atoms with E-state index in [1.54, 1.807) is 30.7 Å². The quantitative estimate of drug-likeness (QED) is 0.233. The van der Waals surface area contributed by atoms with E-state index in [0.29, 0.717) is 43.9 Å². The van der Waals surface area contributed by atoms with Crippen molar-refractivity contribution in [3.63, 3.8) is 0 Å². The highest BCUT2D eigenvalue weighted by Gasteiger charge is 2.40. The predicted octanol–water partition coefficient (Wildman–Crippen LogP) is 2.01. The van der Waals surface area contributed by atoms with E-state index in [1.165, 1.54) is 4.68 Å². The van der Waals surface area contributed by atoms with Crippen LogP contribution in [0.3, 0.4) is 0 Å². The molecule has 1 saturated heterocycles. The maximum atomic E-state index is 13.2. The van der Waals surface area contributed by atoms with Gasteiger partial charge in [0.15, 0.2) is 5.76 Å². The number of nitrogens with one attached hydrogen (secondary N) is 4. The molecule has 0 atom stereocenters. The minimum Gasteiger partial charge on any atom is -0.463 e. The van der Waals surface area contributed by atoms with Crippen molar-refractivity contribution in [1.29, 1.82) is 0 Å². The second-order valence-corrected chi connectivity index (χ2v) is 9.68. The molecule has 4 aromatic rings. The average Bonchev–Trinajstić information content (AvgIpc) is 3.64. The molecule has 202 valence electrons. The van der Waals surface area contributed by atoms with Gasteiger partial charge < -0.3 is 25.7 Å². The number of furan rings is 1. The molecule has 3 heterocycles.